The van der Waals surface area contributed by atoms with Crippen LogP contribution in [0.3, 0.4) is 0 Å². The maximum Gasteiger partial charge on any atom is 1.00 e. The van der Waals surface area contributed by atoms with Crippen LogP contribution in [0.5, 0.6) is 0 Å². The van der Waals surface area contributed by atoms with Crippen LogP contribution in [0.1, 0.15) is 2.85 Å². The minimum absolute atomic E-state index is 0. The van der Waals surface area contributed by atoms with E-state index in [1.165, 1.54) is 0 Å². The fraction of sp³-hybridized carbons (Fsp3) is 0. The monoisotopic (exact) mass is 103 g/mol. The van der Waals surface area contributed by atoms with E-state index in [2.05, 4.69) is 4.65 Å². The van der Waals surface area contributed by atoms with Crippen molar-refractivity contribution in [1.82, 2.24) is 0 Å². The van der Waals surface area contributed by atoms with E-state index >= 15 is 0 Å². The van der Waals surface area contributed by atoms with Gasteiger partial charge in [0.1, 0.15) is 0 Å². The van der Waals surface area contributed by atoms with Crippen molar-refractivity contribution in [3.8, 4) is 6.26 Å². The average Bonchev–Trinajstić information content (AvgIpc) is 1.35. The molecule has 2 N–H and O–H groups in total. The predicted octanol–water partition coefficient (Wildman–Crippen LogP) is -7.31. The van der Waals surface area contributed by atoms with Crippen molar-refractivity contribution in [2.24, 2.45) is 0 Å². The Kier molecular flexibility index (Phi) is 20.6. The average molecular weight is 103 g/mol. The number of hydrogen-bond donors (Lipinski definition) is 2. The standard InChI is InChI=1S/CH2BNO3.2Li.2H/c3-1-6-2(4)5;;;;/h4-5H;;;;/q;2*+1;2*-1. The summed E-state index contributed by atoms with van der Waals surface area (Å²) >= 11 is 0. The fourth-order valence-electron chi connectivity index (χ4n) is 0.0471. The first-order chi connectivity index (χ1) is 2.77. The molecule has 0 heterocycles. The molecule has 0 aromatic rings. The van der Waals surface area contributed by atoms with Crippen LogP contribution in [-0.2, 0) is 4.65 Å². The van der Waals surface area contributed by atoms with E-state index in [1.54, 1.807) is 0 Å². The molecule has 0 unspecified atom stereocenters. The number of hydrogen-bond acceptors (Lipinski definition) is 4. The van der Waals surface area contributed by atoms with Gasteiger partial charge in [-0.1, -0.05) is 0 Å². The number of nitriles is 1. The molecule has 0 saturated heterocycles. The molecule has 0 amide bonds. The molecule has 0 rings (SSSR count). The van der Waals surface area contributed by atoms with E-state index in [0.717, 1.165) is 6.26 Å². The molecule has 0 spiro atoms. The second kappa shape index (κ2) is 10.5. The van der Waals surface area contributed by atoms with Gasteiger partial charge in [0.15, 0.2) is 0 Å². The van der Waals surface area contributed by atoms with E-state index in [9.17, 15) is 0 Å². The minimum atomic E-state index is -1.96. The molecular formula is CH4BLi2NO3. The molecule has 4 nitrogen and oxygen atoms in total. The maximum absolute atomic E-state index is 7.66. The van der Waals surface area contributed by atoms with Crippen molar-refractivity contribution < 1.29 is 55.3 Å². The molecular weight excluding hydrogens is 98.7 g/mol. The number of nitrogens with zero attached hydrogens (tertiary/aromatic N) is 1. The van der Waals surface area contributed by atoms with Gasteiger partial charge in [0, 0.05) is 0 Å². The Morgan fingerprint density at radius 2 is 1.88 bits per heavy atom. The first-order valence-corrected chi connectivity index (χ1v) is 1.18. The van der Waals surface area contributed by atoms with Gasteiger partial charge in [-0.25, -0.2) is 0 Å². The summed E-state index contributed by atoms with van der Waals surface area (Å²) in [5.74, 6) is 0. The Bertz CT molecular complexity index is 79.4. The van der Waals surface area contributed by atoms with Gasteiger partial charge < -0.3 is 17.6 Å². The van der Waals surface area contributed by atoms with Gasteiger partial charge in [-0.2, -0.15) is 5.26 Å². The third kappa shape index (κ3) is 16.1. The SMILES string of the molecule is N#COB(O)O.[H-].[H-].[Li+].[Li+]. The van der Waals surface area contributed by atoms with Gasteiger partial charge in [0.2, 0.25) is 0 Å². The molecule has 0 saturated carbocycles. The molecule has 0 aromatic carbocycles. The third-order valence-corrected chi connectivity index (χ3v) is 0.158. The summed E-state index contributed by atoms with van der Waals surface area (Å²) in [6.07, 6.45) is 1.07. The Labute approximate surface area is 74.3 Å². The van der Waals surface area contributed by atoms with Gasteiger partial charge in [-0.05, 0) is 0 Å². The molecule has 0 fully saturated rings. The largest absolute Gasteiger partial charge is 1.00 e. The van der Waals surface area contributed by atoms with Gasteiger partial charge in [-0.15, -0.1) is 0 Å². The Balaban J connectivity index is -0.0000000208. The summed E-state index contributed by atoms with van der Waals surface area (Å²) in [7, 11) is -1.96. The predicted molar refractivity (Wildman–Crippen MR) is 19.1 cm³/mol. The Morgan fingerprint density at radius 3 is 1.88 bits per heavy atom. The van der Waals surface area contributed by atoms with E-state index < -0.39 is 7.32 Å². The summed E-state index contributed by atoms with van der Waals surface area (Å²) in [4.78, 5) is 0. The molecule has 0 aliphatic rings. The van der Waals surface area contributed by atoms with Gasteiger partial charge in [0.05, 0.1) is 0 Å². The van der Waals surface area contributed by atoms with Crippen LogP contribution in [0.15, 0.2) is 0 Å². The van der Waals surface area contributed by atoms with Crippen molar-refractivity contribution in [3.63, 3.8) is 0 Å². The third-order valence-electron chi connectivity index (χ3n) is 0.158. The van der Waals surface area contributed by atoms with E-state index in [4.69, 9.17) is 15.3 Å². The minimum Gasteiger partial charge on any atom is -1.00 e. The second-order valence-electron chi connectivity index (χ2n) is 0.535. The Hall–Kier alpha value is 0.470. The molecule has 0 radical (unpaired) electrons. The Morgan fingerprint density at radius 1 is 1.50 bits per heavy atom. The van der Waals surface area contributed by atoms with Crippen LogP contribution >= 0.6 is 0 Å². The van der Waals surface area contributed by atoms with E-state index in [0.29, 0.717) is 0 Å². The zero-order chi connectivity index (χ0) is 4.99. The summed E-state index contributed by atoms with van der Waals surface area (Å²) < 4.78 is 3.46. The van der Waals surface area contributed by atoms with Gasteiger partial charge in [0.25, 0.3) is 6.26 Å². The van der Waals surface area contributed by atoms with Crippen LogP contribution < -0.4 is 37.7 Å². The normalized spacial score (nSPS) is 4.62. The van der Waals surface area contributed by atoms with Crippen molar-refractivity contribution in [3.05, 3.63) is 0 Å². The van der Waals surface area contributed by atoms with E-state index in [-0.39, 0.29) is 40.6 Å². The van der Waals surface area contributed by atoms with Gasteiger partial charge in [-0.3, -0.25) is 0 Å². The maximum atomic E-state index is 7.66. The van der Waals surface area contributed by atoms with Crippen molar-refractivity contribution in [2.75, 3.05) is 0 Å². The smallest absolute Gasteiger partial charge is 1.00 e. The first kappa shape index (κ1) is 15.8. The molecule has 7 heteroatoms. The second-order valence-corrected chi connectivity index (χ2v) is 0.535. The molecule has 36 valence electrons. The van der Waals surface area contributed by atoms with Gasteiger partial charge >= 0.3 is 45.0 Å². The summed E-state index contributed by atoms with van der Waals surface area (Å²) in [5.41, 5.74) is 0. The summed E-state index contributed by atoms with van der Waals surface area (Å²) in [6, 6.07) is 0. The first-order valence-electron chi connectivity index (χ1n) is 1.18. The molecule has 8 heavy (non-hydrogen) atoms. The zero-order valence-electron chi connectivity index (χ0n) is 6.83. The van der Waals surface area contributed by atoms with Crippen LogP contribution in [0.25, 0.3) is 0 Å². The molecule has 0 aromatic heterocycles. The molecule has 0 atom stereocenters. The van der Waals surface area contributed by atoms with Crippen molar-refractivity contribution in [1.29, 1.82) is 5.26 Å². The van der Waals surface area contributed by atoms with Crippen molar-refractivity contribution in [2.45, 2.75) is 0 Å². The van der Waals surface area contributed by atoms with Crippen LogP contribution in [0.4, 0.5) is 0 Å². The van der Waals surface area contributed by atoms with Crippen LogP contribution in [0, 0.1) is 11.5 Å². The quantitative estimate of drug-likeness (QED) is 0.255. The van der Waals surface area contributed by atoms with Crippen LogP contribution in [-0.4, -0.2) is 17.4 Å². The summed E-state index contributed by atoms with van der Waals surface area (Å²) in [6.45, 7) is 0. The van der Waals surface area contributed by atoms with E-state index in [1.807, 2.05) is 0 Å². The molecule has 0 bridgehead atoms. The summed E-state index contributed by atoms with van der Waals surface area (Å²) in [5, 5.41) is 22.8. The van der Waals surface area contributed by atoms with Crippen molar-refractivity contribution >= 4 is 7.32 Å². The fourth-order valence-corrected chi connectivity index (χ4v) is 0.0471. The topological polar surface area (TPSA) is 73.5 Å². The number of rotatable bonds is 1. The molecule has 0 aliphatic heterocycles. The van der Waals surface area contributed by atoms with Crippen LogP contribution in [0.2, 0.25) is 0 Å². The zero-order valence-corrected chi connectivity index (χ0v) is 4.83. The molecule has 0 aliphatic carbocycles.